The van der Waals surface area contributed by atoms with Crippen molar-refractivity contribution in [2.24, 2.45) is 0 Å². The Hall–Kier alpha value is -3.84. The minimum absolute atomic E-state index is 0.0743. The number of aromatic nitrogens is 4. The molecule has 0 aliphatic heterocycles. The molecule has 168 valence electrons. The van der Waals surface area contributed by atoms with Gasteiger partial charge in [0.25, 0.3) is 0 Å². The Morgan fingerprint density at radius 3 is 2.45 bits per heavy atom. The molecule has 33 heavy (non-hydrogen) atoms. The molecule has 10 heteroatoms. The quantitative estimate of drug-likeness (QED) is 0.441. The van der Waals surface area contributed by atoms with Crippen LogP contribution in [0.2, 0.25) is 0 Å². The average molecular weight is 455 g/mol. The first-order valence-corrected chi connectivity index (χ1v) is 9.94. The van der Waals surface area contributed by atoms with Crippen LogP contribution in [0, 0.1) is 17.1 Å². The standard InChI is InChI=1S/C23H17F4N5O/c1-2-22(33,23(25,26)27)21-13-32(31-30-21)12-14-3-8-18-19(15-4-6-16(24)7-5-15)10-17(11-28)29-20(18)9-14/h3-10,13,33H,2,12H2,1H3. The van der Waals surface area contributed by atoms with Gasteiger partial charge in [0.05, 0.1) is 18.3 Å². The van der Waals surface area contributed by atoms with Gasteiger partial charge in [-0.1, -0.05) is 36.4 Å². The summed E-state index contributed by atoms with van der Waals surface area (Å²) in [4.78, 5) is 4.32. The number of fused-ring (bicyclic) bond motifs is 1. The van der Waals surface area contributed by atoms with Crippen LogP contribution in [-0.2, 0) is 12.1 Å². The van der Waals surface area contributed by atoms with Crippen molar-refractivity contribution in [2.45, 2.75) is 31.7 Å². The molecule has 6 nitrogen and oxygen atoms in total. The minimum Gasteiger partial charge on any atom is -0.375 e. The summed E-state index contributed by atoms with van der Waals surface area (Å²) in [6, 6.07) is 14.7. The highest BCUT2D eigenvalue weighted by Gasteiger charge is 2.55. The Bertz CT molecular complexity index is 1360. The van der Waals surface area contributed by atoms with Crippen LogP contribution in [0.3, 0.4) is 0 Å². The lowest BCUT2D eigenvalue weighted by molar-refractivity contribution is -0.269. The lowest BCUT2D eigenvalue weighted by atomic mass is 9.96. The summed E-state index contributed by atoms with van der Waals surface area (Å²) in [6.45, 7) is 1.29. The third-order valence-corrected chi connectivity index (χ3v) is 5.43. The van der Waals surface area contributed by atoms with Crippen molar-refractivity contribution >= 4 is 10.9 Å². The summed E-state index contributed by atoms with van der Waals surface area (Å²) in [5.74, 6) is -0.382. The Balaban J connectivity index is 1.71. The van der Waals surface area contributed by atoms with Gasteiger partial charge in [-0.2, -0.15) is 18.4 Å². The highest BCUT2D eigenvalue weighted by molar-refractivity contribution is 5.95. The summed E-state index contributed by atoms with van der Waals surface area (Å²) in [5.41, 5.74) is -0.946. The van der Waals surface area contributed by atoms with Crippen LogP contribution in [-0.4, -0.2) is 31.3 Å². The van der Waals surface area contributed by atoms with Crippen LogP contribution in [0.25, 0.3) is 22.0 Å². The van der Waals surface area contributed by atoms with Crippen molar-refractivity contribution in [3.63, 3.8) is 0 Å². The highest BCUT2D eigenvalue weighted by atomic mass is 19.4. The first-order chi connectivity index (χ1) is 15.6. The lowest BCUT2D eigenvalue weighted by Gasteiger charge is -2.26. The predicted octanol–water partition coefficient (Wildman–Crippen LogP) is 4.71. The van der Waals surface area contributed by atoms with Gasteiger partial charge in [-0.15, -0.1) is 5.10 Å². The van der Waals surface area contributed by atoms with Gasteiger partial charge in [0.2, 0.25) is 5.60 Å². The molecular formula is C23H17F4N5O. The highest BCUT2D eigenvalue weighted by Crippen LogP contribution is 2.40. The Labute approximate surface area is 185 Å². The first kappa shape index (κ1) is 22.4. The van der Waals surface area contributed by atoms with Crippen molar-refractivity contribution in [3.8, 4) is 17.2 Å². The lowest BCUT2D eigenvalue weighted by Crippen LogP contribution is -2.42. The molecule has 1 unspecified atom stereocenters. The van der Waals surface area contributed by atoms with E-state index in [0.29, 0.717) is 22.2 Å². The van der Waals surface area contributed by atoms with Crippen molar-refractivity contribution in [1.29, 1.82) is 5.26 Å². The van der Waals surface area contributed by atoms with Gasteiger partial charge in [0.1, 0.15) is 23.3 Å². The average Bonchev–Trinajstić information content (AvgIpc) is 3.26. The second kappa shape index (κ2) is 8.26. The number of nitriles is 1. The van der Waals surface area contributed by atoms with E-state index in [-0.39, 0.29) is 18.1 Å². The van der Waals surface area contributed by atoms with E-state index in [1.807, 2.05) is 6.07 Å². The Morgan fingerprint density at radius 2 is 1.82 bits per heavy atom. The van der Waals surface area contributed by atoms with Crippen molar-refractivity contribution in [3.05, 3.63) is 77.5 Å². The molecular weight excluding hydrogens is 438 g/mol. The molecule has 2 aromatic heterocycles. The molecule has 2 heterocycles. The van der Waals surface area contributed by atoms with E-state index >= 15 is 0 Å². The number of hydrogen-bond acceptors (Lipinski definition) is 5. The van der Waals surface area contributed by atoms with Crippen molar-refractivity contribution < 1.29 is 22.7 Å². The Morgan fingerprint density at radius 1 is 1.09 bits per heavy atom. The van der Waals surface area contributed by atoms with Gasteiger partial charge in [-0.25, -0.2) is 14.1 Å². The van der Waals surface area contributed by atoms with Crippen LogP contribution < -0.4 is 0 Å². The first-order valence-electron chi connectivity index (χ1n) is 9.94. The van der Waals surface area contributed by atoms with E-state index < -0.39 is 23.9 Å². The molecule has 1 N–H and O–H groups in total. The molecule has 4 aromatic rings. The number of rotatable bonds is 5. The van der Waals surface area contributed by atoms with Gasteiger partial charge >= 0.3 is 6.18 Å². The van der Waals surface area contributed by atoms with Crippen LogP contribution >= 0.6 is 0 Å². The third-order valence-electron chi connectivity index (χ3n) is 5.43. The monoisotopic (exact) mass is 455 g/mol. The fraction of sp³-hybridized carbons (Fsp3) is 0.217. The molecule has 0 amide bonds. The molecule has 0 aliphatic rings. The third kappa shape index (κ3) is 4.15. The van der Waals surface area contributed by atoms with Gasteiger partial charge in [-0.05, 0) is 47.4 Å². The van der Waals surface area contributed by atoms with Crippen LogP contribution in [0.15, 0.2) is 54.7 Å². The number of nitrogens with zero attached hydrogens (tertiary/aromatic N) is 5. The summed E-state index contributed by atoms with van der Waals surface area (Å²) < 4.78 is 54.4. The van der Waals surface area contributed by atoms with Crippen molar-refractivity contribution in [2.75, 3.05) is 0 Å². The SMILES string of the molecule is CCC(O)(c1cn(Cc2ccc3c(-c4ccc(F)cc4)cc(C#N)nc3c2)nn1)C(F)(F)F. The molecule has 0 saturated heterocycles. The van der Waals surface area contributed by atoms with E-state index in [1.54, 1.807) is 36.4 Å². The molecule has 0 radical (unpaired) electrons. The maximum absolute atomic E-state index is 13.3. The number of alkyl halides is 3. The summed E-state index contributed by atoms with van der Waals surface area (Å²) in [6.07, 6.45) is -4.43. The fourth-order valence-corrected chi connectivity index (χ4v) is 3.58. The predicted molar refractivity (Wildman–Crippen MR) is 111 cm³/mol. The molecule has 4 rings (SSSR count). The smallest absolute Gasteiger partial charge is 0.375 e. The van der Waals surface area contributed by atoms with Crippen molar-refractivity contribution in [1.82, 2.24) is 20.0 Å². The van der Waals surface area contributed by atoms with E-state index in [9.17, 15) is 27.9 Å². The van der Waals surface area contributed by atoms with Crippen LogP contribution in [0.4, 0.5) is 17.6 Å². The number of pyridine rings is 1. The van der Waals surface area contributed by atoms with Crippen LogP contribution in [0.1, 0.15) is 30.3 Å². The van der Waals surface area contributed by atoms with Gasteiger partial charge in [0, 0.05) is 5.39 Å². The van der Waals surface area contributed by atoms with Crippen LogP contribution in [0.5, 0.6) is 0 Å². The zero-order valence-corrected chi connectivity index (χ0v) is 17.3. The topological polar surface area (TPSA) is 87.6 Å². The number of benzene rings is 2. The molecule has 0 saturated carbocycles. The molecule has 2 aromatic carbocycles. The summed E-state index contributed by atoms with van der Waals surface area (Å²) in [7, 11) is 0. The zero-order valence-electron chi connectivity index (χ0n) is 17.3. The van der Waals surface area contributed by atoms with Gasteiger partial charge in [-0.3, -0.25) is 0 Å². The molecule has 0 bridgehead atoms. The largest absolute Gasteiger partial charge is 0.423 e. The second-order valence-corrected chi connectivity index (χ2v) is 7.54. The van der Waals surface area contributed by atoms with Gasteiger partial charge in [0.15, 0.2) is 0 Å². The summed E-state index contributed by atoms with van der Waals surface area (Å²) >= 11 is 0. The zero-order chi connectivity index (χ0) is 23.8. The fourth-order valence-electron chi connectivity index (χ4n) is 3.58. The maximum Gasteiger partial charge on any atom is 0.423 e. The van der Waals surface area contributed by atoms with Gasteiger partial charge < -0.3 is 5.11 Å². The normalized spacial score (nSPS) is 13.6. The number of aliphatic hydroxyl groups is 1. The summed E-state index contributed by atoms with van der Waals surface area (Å²) in [5, 5.41) is 27.4. The van der Waals surface area contributed by atoms with E-state index in [0.717, 1.165) is 11.6 Å². The van der Waals surface area contributed by atoms with E-state index in [1.165, 1.54) is 23.7 Å². The van der Waals surface area contributed by atoms with E-state index in [2.05, 4.69) is 15.3 Å². The molecule has 0 aliphatic carbocycles. The molecule has 0 fully saturated rings. The minimum atomic E-state index is -4.89. The number of halogens is 4. The molecule has 0 spiro atoms. The Kier molecular flexibility index (Phi) is 5.59. The molecule has 1 atom stereocenters. The van der Waals surface area contributed by atoms with E-state index in [4.69, 9.17) is 0 Å². The maximum atomic E-state index is 13.3. The number of hydrogen-bond donors (Lipinski definition) is 1. The second-order valence-electron chi connectivity index (χ2n) is 7.54.